The fourth-order valence-electron chi connectivity index (χ4n) is 2.27. The van der Waals surface area contributed by atoms with Gasteiger partial charge in [-0.2, -0.15) is 0 Å². The Hall–Kier alpha value is -2.56. The van der Waals surface area contributed by atoms with Crippen LogP contribution in [0.15, 0.2) is 42.7 Å². The lowest BCUT2D eigenvalue weighted by atomic mass is 10.1. The van der Waals surface area contributed by atoms with Crippen LogP contribution in [0.5, 0.6) is 0 Å². The van der Waals surface area contributed by atoms with Crippen LogP contribution in [0.2, 0.25) is 0 Å². The van der Waals surface area contributed by atoms with E-state index in [1.807, 2.05) is 26.8 Å². The van der Waals surface area contributed by atoms with E-state index in [4.69, 9.17) is 5.11 Å². The lowest BCUT2D eigenvalue weighted by molar-refractivity contribution is -0.140. The quantitative estimate of drug-likeness (QED) is 0.848. The number of aryl methyl sites for hydroxylation is 2. The van der Waals surface area contributed by atoms with Crippen LogP contribution >= 0.6 is 0 Å². The summed E-state index contributed by atoms with van der Waals surface area (Å²) in [5.74, 6) is -0.501. The normalized spacial score (nSPS) is 15.2. The van der Waals surface area contributed by atoms with Gasteiger partial charge in [-0.05, 0) is 43.9 Å². The molecule has 1 aromatic carbocycles. The molecule has 0 radical (unpaired) electrons. The highest BCUT2D eigenvalue weighted by atomic mass is 19.1. The number of carboxylic acids is 1. The molecule has 1 atom stereocenters. The van der Waals surface area contributed by atoms with Crippen LogP contribution in [0.3, 0.4) is 0 Å². The molecular weight excluding hydrogens is 319 g/mol. The lowest BCUT2D eigenvalue weighted by Crippen LogP contribution is -2.06. The Bertz CT molecular complexity index is 691. The number of rotatable bonds is 2. The zero-order chi connectivity index (χ0) is 18.8. The summed E-state index contributed by atoms with van der Waals surface area (Å²) in [4.78, 5) is 18.9. The number of benzene rings is 1. The number of halogens is 1. The van der Waals surface area contributed by atoms with E-state index in [1.165, 1.54) is 6.07 Å². The number of allylic oxidation sites excluding steroid dienone is 1. The molecule has 1 unspecified atom stereocenters. The summed E-state index contributed by atoms with van der Waals surface area (Å²) in [6.45, 7) is 7.57. The predicted octanol–water partition coefficient (Wildman–Crippen LogP) is 4.82. The summed E-state index contributed by atoms with van der Waals surface area (Å²) in [6, 6.07) is 6.70. The predicted molar refractivity (Wildman–Crippen MR) is 97.6 cm³/mol. The van der Waals surface area contributed by atoms with Crippen LogP contribution in [-0.4, -0.2) is 21.0 Å². The Balaban J connectivity index is 0.000000264. The van der Waals surface area contributed by atoms with Gasteiger partial charge in [0.2, 0.25) is 0 Å². The van der Waals surface area contributed by atoms with Crippen molar-refractivity contribution in [2.24, 2.45) is 5.92 Å². The van der Waals surface area contributed by atoms with Gasteiger partial charge in [0.1, 0.15) is 11.6 Å². The van der Waals surface area contributed by atoms with Crippen molar-refractivity contribution in [1.29, 1.82) is 0 Å². The average molecular weight is 344 g/mol. The highest BCUT2D eigenvalue weighted by molar-refractivity contribution is 5.79. The van der Waals surface area contributed by atoms with E-state index in [9.17, 15) is 9.18 Å². The number of hydrogen-bond acceptors (Lipinski definition) is 3. The Labute approximate surface area is 148 Å². The molecule has 4 nitrogen and oxygen atoms in total. The molecule has 0 spiro atoms. The van der Waals surface area contributed by atoms with Crippen LogP contribution in [0.4, 0.5) is 4.39 Å². The first-order valence-electron chi connectivity index (χ1n) is 8.41. The molecule has 2 aromatic rings. The number of carbonyl (C=O) groups is 1. The topological polar surface area (TPSA) is 63.1 Å². The average Bonchev–Trinajstić information content (AvgIpc) is 3.11. The van der Waals surface area contributed by atoms with Crippen molar-refractivity contribution in [1.82, 2.24) is 9.97 Å². The number of hydrogen-bond donors (Lipinski definition) is 1. The van der Waals surface area contributed by atoms with Crippen molar-refractivity contribution in [3.05, 3.63) is 65.5 Å². The van der Waals surface area contributed by atoms with Gasteiger partial charge in [-0.15, -0.1) is 0 Å². The van der Waals surface area contributed by atoms with Gasteiger partial charge in [-0.3, -0.25) is 4.79 Å². The first-order valence-corrected chi connectivity index (χ1v) is 8.41. The molecule has 1 heterocycles. The Morgan fingerprint density at radius 3 is 2.20 bits per heavy atom. The van der Waals surface area contributed by atoms with Crippen LogP contribution < -0.4 is 0 Å². The van der Waals surface area contributed by atoms with Crippen molar-refractivity contribution in [3.8, 4) is 0 Å². The highest BCUT2D eigenvalue weighted by Crippen LogP contribution is 2.30. The molecule has 25 heavy (non-hydrogen) atoms. The van der Waals surface area contributed by atoms with E-state index < -0.39 is 5.97 Å². The van der Waals surface area contributed by atoms with Crippen LogP contribution in [0.1, 0.15) is 43.6 Å². The van der Waals surface area contributed by atoms with Crippen LogP contribution in [-0.2, 0) is 4.79 Å². The molecule has 0 saturated carbocycles. The van der Waals surface area contributed by atoms with E-state index in [-0.39, 0.29) is 11.7 Å². The summed E-state index contributed by atoms with van der Waals surface area (Å²) < 4.78 is 12.3. The first kappa shape index (κ1) is 20.5. The van der Waals surface area contributed by atoms with Gasteiger partial charge in [0.25, 0.3) is 0 Å². The smallest absolute Gasteiger partial charge is 0.310 e. The van der Waals surface area contributed by atoms with Crippen molar-refractivity contribution in [2.75, 3.05) is 0 Å². The van der Waals surface area contributed by atoms with Gasteiger partial charge < -0.3 is 5.11 Å². The van der Waals surface area contributed by atoms with Crippen molar-refractivity contribution in [3.63, 3.8) is 0 Å². The molecule has 1 aliphatic rings. The minimum Gasteiger partial charge on any atom is -0.481 e. The van der Waals surface area contributed by atoms with E-state index >= 15 is 0 Å². The third-order valence-corrected chi connectivity index (χ3v) is 3.67. The van der Waals surface area contributed by atoms with Gasteiger partial charge in [-0.1, -0.05) is 38.1 Å². The molecule has 5 heteroatoms. The molecule has 0 aliphatic heterocycles. The Morgan fingerprint density at radius 2 is 1.76 bits per heavy atom. The maximum atomic E-state index is 12.3. The van der Waals surface area contributed by atoms with Gasteiger partial charge >= 0.3 is 5.97 Å². The van der Waals surface area contributed by atoms with Crippen LogP contribution in [0, 0.1) is 25.6 Å². The van der Waals surface area contributed by atoms with Gasteiger partial charge in [0, 0.05) is 18.0 Å². The van der Waals surface area contributed by atoms with Gasteiger partial charge in [-0.25, -0.2) is 14.4 Å². The van der Waals surface area contributed by atoms with Gasteiger partial charge in [0.15, 0.2) is 0 Å². The fourth-order valence-corrected chi connectivity index (χ4v) is 2.27. The van der Waals surface area contributed by atoms with Crippen LogP contribution in [0.25, 0.3) is 5.57 Å². The maximum absolute atomic E-state index is 12.3. The van der Waals surface area contributed by atoms with Crippen molar-refractivity contribution < 1.29 is 14.3 Å². The largest absolute Gasteiger partial charge is 0.481 e. The molecule has 0 fully saturated rings. The second-order valence-electron chi connectivity index (χ2n) is 5.44. The molecule has 3 rings (SSSR count). The zero-order valence-electron chi connectivity index (χ0n) is 15.2. The molecule has 134 valence electrons. The number of carboxylic acid groups (broad SMARTS) is 1. The summed E-state index contributed by atoms with van der Waals surface area (Å²) in [6.07, 6.45) is 6.77. The molecule has 1 aliphatic carbocycles. The highest BCUT2D eigenvalue weighted by Gasteiger charge is 2.22. The summed E-state index contributed by atoms with van der Waals surface area (Å²) in [7, 11) is 0. The molecule has 0 bridgehead atoms. The molecule has 0 saturated heterocycles. The van der Waals surface area contributed by atoms with E-state index in [1.54, 1.807) is 37.5 Å². The molecular formula is C20H25FN2O2. The van der Waals surface area contributed by atoms with E-state index in [2.05, 4.69) is 9.97 Å². The third kappa shape index (κ3) is 6.45. The summed E-state index contributed by atoms with van der Waals surface area (Å²) in [5.41, 5.74) is 2.68. The SMILES string of the molecule is CC.Cc1ccccc1F.Cc1ncc(C2=CC(C(=O)O)CC2)cn1. The number of aliphatic carboxylic acids is 1. The Kier molecular flexibility index (Phi) is 8.47. The summed E-state index contributed by atoms with van der Waals surface area (Å²) >= 11 is 0. The monoisotopic (exact) mass is 344 g/mol. The molecule has 0 amide bonds. The van der Waals surface area contributed by atoms with E-state index in [0.29, 0.717) is 12.0 Å². The minimum atomic E-state index is -0.752. The zero-order valence-corrected chi connectivity index (χ0v) is 15.2. The Morgan fingerprint density at radius 1 is 1.16 bits per heavy atom. The second kappa shape index (κ2) is 10.3. The lowest BCUT2D eigenvalue weighted by Gasteiger charge is -1.99. The first-order chi connectivity index (χ1) is 12.0. The summed E-state index contributed by atoms with van der Waals surface area (Å²) in [5, 5.41) is 8.85. The van der Waals surface area contributed by atoms with Gasteiger partial charge in [0.05, 0.1) is 5.92 Å². The molecule has 1 N–H and O–H groups in total. The minimum absolute atomic E-state index is 0.132. The van der Waals surface area contributed by atoms with E-state index in [0.717, 1.165) is 23.4 Å². The van der Waals surface area contributed by atoms with Crippen molar-refractivity contribution >= 4 is 11.5 Å². The fraction of sp³-hybridized carbons (Fsp3) is 0.350. The van der Waals surface area contributed by atoms with Crippen molar-refractivity contribution in [2.45, 2.75) is 40.5 Å². The number of nitrogens with zero attached hydrogens (tertiary/aromatic N) is 2. The standard InChI is InChI=1S/C11H12N2O2.C7H7F.C2H6/c1-7-12-5-10(6-13-7)8-2-3-9(4-8)11(14)15;1-6-4-2-3-5-7(6)8;1-2/h4-6,9H,2-3H2,1H3,(H,14,15);2-5H,1H3;1-2H3. The second-order valence-corrected chi connectivity index (χ2v) is 5.44. The maximum Gasteiger partial charge on any atom is 0.310 e. The molecule has 1 aromatic heterocycles. The third-order valence-electron chi connectivity index (χ3n) is 3.67. The number of aromatic nitrogens is 2.